The fraction of sp³-hybridized carbons (Fsp3) is 0.600. The van der Waals surface area contributed by atoms with E-state index < -0.39 is 36.7 Å². The van der Waals surface area contributed by atoms with Gasteiger partial charge >= 0.3 is 11.9 Å². The Bertz CT molecular complexity index is 731. The zero-order valence-corrected chi connectivity index (χ0v) is 16.8. The Kier molecular flexibility index (Phi) is 7.59. The first kappa shape index (κ1) is 23.1. The molecule has 0 amide bonds. The second-order valence-corrected chi connectivity index (χ2v) is 7.64. The van der Waals surface area contributed by atoms with Crippen molar-refractivity contribution in [3.05, 3.63) is 29.3 Å². The summed E-state index contributed by atoms with van der Waals surface area (Å²) in [7, 11) is 0. The van der Waals surface area contributed by atoms with Crippen LogP contribution in [-0.2, 0) is 25.7 Å². The van der Waals surface area contributed by atoms with Gasteiger partial charge in [0.15, 0.2) is 6.10 Å². The molecule has 9 heteroatoms. The van der Waals surface area contributed by atoms with Gasteiger partial charge in [0.2, 0.25) is 6.29 Å². The molecule has 162 valence electrons. The zero-order chi connectivity index (χ0) is 21.9. The number of aliphatic hydroxyl groups excluding tert-OH is 3. The number of carboxylic acids is 1. The van der Waals surface area contributed by atoms with E-state index >= 15 is 0 Å². The average molecular weight is 412 g/mol. The smallest absolute Gasteiger partial charge is 0.335 e. The van der Waals surface area contributed by atoms with Crippen LogP contribution in [0.3, 0.4) is 0 Å². The summed E-state index contributed by atoms with van der Waals surface area (Å²) in [6.45, 7) is 7.38. The molecule has 1 heterocycles. The number of benzene rings is 1. The van der Waals surface area contributed by atoms with Crippen LogP contribution >= 0.6 is 0 Å². The number of hydrogen-bond donors (Lipinski definition) is 4. The lowest BCUT2D eigenvalue weighted by Gasteiger charge is -2.38. The van der Waals surface area contributed by atoms with Gasteiger partial charge in [-0.1, -0.05) is 33.8 Å². The molecule has 0 aliphatic carbocycles. The Morgan fingerprint density at radius 3 is 2.28 bits per heavy atom. The maximum Gasteiger partial charge on any atom is 0.335 e. The van der Waals surface area contributed by atoms with Crippen LogP contribution in [0.2, 0.25) is 0 Å². The zero-order valence-electron chi connectivity index (χ0n) is 16.8. The SMILES string of the molecule is CC(C)C(=O)OCc1ccc(OC2OC(C(=O)O)C(O)C(O)C2O)c(C(C)C)c1. The second-order valence-electron chi connectivity index (χ2n) is 7.64. The Balaban J connectivity index is 2.20. The van der Waals surface area contributed by atoms with E-state index in [4.69, 9.17) is 19.3 Å². The van der Waals surface area contributed by atoms with Crippen molar-refractivity contribution >= 4 is 11.9 Å². The Morgan fingerprint density at radius 1 is 1.07 bits per heavy atom. The third kappa shape index (κ3) is 5.45. The number of aliphatic hydroxyl groups is 3. The molecule has 29 heavy (non-hydrogen) atoms. The normalized spacial score (nSPS) is 27.1. The van der Waals surface area contributed by atoms with Crippen molar-refractivity contribution in [3.8, 4) is 5.75 Å². The minimum absolute atomic E-state index is 0.0164. The van der Waals surface area contributed by atoms with Crippen molar-refractivity contribution in [3.63, 3.8) is 0 Å². The summed E-state index contributed by atoms with van der Waals surface area (Å²) in [5.74, 6) is -1.74. The standard InChI is InChI=1S/C20H28O9/c1-9(2)12-7-11(8-27-19(26)10(3)4)5-6-13(12)28-20-16(23)14(21)15(22)17(29-20)18(24)25/h5-7,9-10,14-17,20-23H,8H2,1-4H3,(H,24,25). The van der Waals surface area contributed by atoms with Gasteiger partial charge in [0.1, 0.15) is 30.7 Å². The van der Waals surface area contributed by atoms with Crippen molar-refractivity contribution in [2.24, 2.45) is 5.92 Å². The van der Waals surface area contributed by atoms with Gasteiger partial charge in [0.25, 0.3) is 0 Å². The van der Waals surface area contributed by atoms with Crippen LogP contribution in [-0.4, -0.2) is 63.1 Å². The Morgan fingerprint density at radius 2 is 1.72 bits per heavy atom. The number of carbonyl (C=O) groups is 2. The summed E-state index contributed by atoms with van der Waals surface area (Å²) in [6.07, 6.45) is -8.41. The quantitative estimate of drug-likeness (QED) is 0.478. The molecule has 1 aromatic rings. The topological polar surface area (TPSA) is 143 Å². The summed E-state index contributed by atoms with van der Waals surface area (Å²) in [5.41, 5.74) is 1.45. The van der Waals surface area contributed by atoms with E-state index in [1.807, 2.05) is 13.8 Å². The fourth-order valence-corrected chi connectivity index (χ4v) is 2.84. The lowest BCUT2D eigenvalue weighted by molar-refractivity contribution is -0.271. The van der Waals surface area contributed by atoms with Crippen LogP contribution in [0.1, 0.15) is 44.7 Å². The molecule has 0 spiro atoms. The molecule has 5 atom stereocenters. The maximum absolute atomic E-state index is 11.7. The van der Waals surface area contributed by atoms with Crippen molar-refractivity contribution in [1.29, 1.82) is 0 Å². The molecule has 5 unspecified atom stereocenters. The van der Waals surface area contributed by atoms with E-state index in [0.29, 0.717) is 11.3 Å². The molecule has 1 fully saturated rings. The first-order valence-corrected chi connectivity index (χ1v) is 9.41. The predicted octanol–water partition coefficient (Wildman–Crippen LogP) is 0.780. The highest BCUT2D eigenvalue weighted by Crippen LogP contribution is 2.31. The van der Waals surface area contributed by atoms with Gasteiger partial charge in [0.05, 0.1) is 5.92 Å². The van der Waals surface area contributed by atoms with Crippen LogP contribution in [0.5, 0.6) is 5.75 Å². The van der Waals surface area contributed by atoms with Crippen molar-refractivity contribution in [2.75, 3.05) is 0 Å². The lowest BCUT2D eigenvalue weighted by Crippen LogP contribution is -2.61. The molecule has 1 aliphatic heterocycles. The van der Waals surface area contributed by atoms with E-state index in [1.54, 1.807) is 32.0 Å². The number of carboxylic acid groups (broad SMARTS) is 1. The molecule has 4 N–H and O–H groups in total. The molecule has 2 rings (SSSR count). The number of aliphatic carboxylic acids is 1. The van der Waals surface area contributed by atoms with Crippen LogP contribution in [0.25, 0.3) is 0 Å². The number of ether oxygens (including phenoxy) is 3. The summed E-state index contributed by atoms with van der Waals surface area (Å²) in [4.78, 5) is 22.9. The Hall–Kier alpha value is -2.20. The van der Waals surface area contributed by atoms with E-state index in [1.165, 1.54) is 0 Å². The average Bonchev–Trinajstić information content (AvgIpc) is 2.66. The lowest BCUT2D eigenvalue weighted by atomic mass is 9.98. The minimum Gasteiger partial charge on any atom is -0.479 e. The predicted molar refractivity (Wildman–Crippen MR) is 100 cm³/mol. The largest absolute Gasteiger partial charge is 0.479 e. The molecule has 1 aliphatic rings. The summed E-state index contributed by atoms with van der Waals surface area (Å²) < 4.78 is 16.1. The molecule has 1 aromatic carbocycles. The Labute approximate surface area is 168 Å². The van der Waals surface area contributed by atoms with Gasteiger partial charge in [-0.2, -0.15) is 0 Å². The van der Waals surface area contributed by atoms with E-state index in [0.717, 1.165) is 5.56 Å². The number of rotatable bonds is 7. The molecule has 0 bridgehead atoms. The van der Waals surface area contributed by atoms with Crippen LogP contribution in [0, 0.1) is 5.92 Å². The summed E-state index contributed by atoms with van der Waals surface area (Å²) in [6, 6.07) is 5.05. The first-order valence-electron chi connectivity index (χ1n) is 9.41. The molecule has 0 aromatic heterocycles. The molecular weight excluding hydrogens is 384 g/mol. The number of esters is 1. The van der Waals surface area contributed by atoms with Crippen LogP contribution in [0.4, 0.5) is 0 Å². The van der Waals surface area contributed by atoms with Crippen LogP contribution in [0.15, 0.2) is 18.2 Å². The van der Waals surface area contributed by atoms with E-state index in [2.05, 4.69) is 0 Å². The second kappa shape index (κ2) is 9.53. The molecule has 0 saturated carbocycles. The van der Waals surface area contributed by atoms with Crippen molar-refractivity contribution in [2.45, 2.75) is 70.9 Å². The van der Waals surface area contributed by atoms with Gasteiger partial charge in [0, 0.05) is 0 Å². The minimum atomic E-state index is -1.79. The van der Waals surface area contributed by atoms with Crippen molar-refractivity contribution in [1.82, 2.24) is 0 Å². The van der Waals surface area contributed by atoms with Gasteiger partial charge in [-0.05, 0) is 29.2 Å². The molecule has 1 saturated heterocycles. The molecule has 0 radical (unpaired) electrons. The van der Waals surface area contributed by atoms with Crippen molar-refractivity contribution < 1.29 is 44.2 Å². The fourth-order valence-electron chi connectivity index (χ4n) is 2.84. The number of carbonyl (C=O) groups excluding carboxylic acids is 1. The molecular formula is C20H28O9. The monoisotopic (exact) mass is 412 g/mol. The number of hydrogen-bond acceptors (Lipinski definition) is 8. The van der Waals surface area contributed by atoms with Gasteiger partial charge in [-0.25, -0.2) is 4.79 Å². The van der Waals surface area contributed by atoms with E-state index in [9.17, 15) is 24.9 Å². The highest BCUT2D eigenvalue weighted by Gasteiger charge is 2.48. The van der Waals surface area contributed by atoms with Gasteiger partial charge in [-0.3, -0.25) is 4.79 Å². The summed E-state index contributed by atoms with van der Waals surface area (Å²) >= 11 is 0. The highest BCUT2D eigenvalue weighted by molar-refractivity contribution is 5.73. The van der Waals surface area contributed by atoms with Gasteiger partial charge in [-0.15, -0.1) is 0 Å². The third-order valence-corrected chi connectivity index (χ3v) is 4.60. The van der Waals surface area contributed by atoms with Gasteiger partial charge < -0.3 is 34.6 Å². The molecule has 9 nitrogen and oxygen atoms in total. The first-order chi connectivity index (χ1) is 13.5. The van der Waals surface area contributed by atoms with E-state index in [-0.39, 0.29) is 24.4 Å². The van der Waals surface area contributed by atoms with Crippen LogP contribution < -0.4 is 4.74 Å². The maximum atomic E-state index is 11.7. The summed E-state index contributed by atoms with van der Waals surface area (Å²) in [5, 5.41) is 39.0. The highest BCUT2D eigenvalue weighted by atomic mass is 16.7. The third-order valence-electron chi connectivity index (χ3n) is 4.60.